The van der Waals surface area contributed by atoms with Gasteiger partial charge in [-0.05, 0) is 50.2 Å². The van der Waals surface area contributed by atoms with E-state index in [2.05, 4.69) is 21.6 Å². The number of urea groups is 1. The first-order chi connectivity index (χ1) is 10.5. The normalized spacial score (nSPS) is 12.2. The zero-order valence-corrected chi connectivity index (χ0v) is 14.5. The lowest BCUT2D eigenvalue weighted by molar-refractivity contribution is 0.244. The van der Waals surface area contributed by atoms with Gasteiger partial charge in [-0.1, -0.05) is 23.7 Å². The molecular weight excluding hydrogens is 318 g/mol. The average Bonchev–Trinajstić information content (AvgIpc) is 2.96. The molecule has 0 fully saturated rings. The van der Waals surface area contributed by atoms with Gasteiger partial charge in [0.1, 0.15) is 0 Å². The van der Waals surface area contributed by atoms with Crippen molar-refractivity contribution in [3.05, 3.63) is 51.2 Å². The number of carbonyl (C=O) groups is 1. The first-order valence-corrected chi connectivity index (χ1v) is 8.24. The fourth-order valence-electron chi connectivity index (χ4n) is 2.10. The maximum absolute atomic E-state index is 12.1. The molecule has 2 aromatic rings. The van der Waals surface area contributed by atoms with E-state index in [1.807, 2.05) is 38.5 Å². The number of amides is 2. The second-order valence-corrected chi connectivity index (χ2v) is 6.70. The molecule has 2 amide bonds. The van der Waals surface area contributed by atoms with Gasteiger partial charge in [0.05, 0.1) is 6.04 Å². The third-order valence-corrected chi connectivity index (χ3v) is 4.61. The minimum Gasteiger partial charge on any atom is -0.336 e. The number of rotatable bonds is 5. The summed E-state index contributed by atoms with van der Waals surface area (Å²) in [5, 5.41) is 8.41. The van der Waals surface area contributed by atoms with Crippen molar-refractivity contribution < 1.29 is 4.79 Å². The predicted octanol–water partition coefficient (Wildman–Crippen LogP) is 4.13. The number of halogens is 1. The van der Waals surface area contributed by atoms with Gasteiger partial charge in [0.25, 0.3) is 0 Å². The van der Waals surface area contributed by atoms with Gasteiger partial charge in [0.15, 0.2) is 0 Å². The number of benzene rings is 1. The fourth-order valence-corrected chi connectivity index (χ4v) is 3.20. The number of hydrogen-bond donors (Lipinski definition) is 2. The highest BCUT2D eigenvalue weighted by atomic mass is 35.5. The molecule has 0 aliphatic carbocycles. The number of hydrogen-bond acceptors (Lipinski definition) is 3. The molecule has 22 heavy (non-hydrogen) atoms. The Morgan fingerprint density at radius 1 is 1.36 bits per heavy atom. The Balaban J connectivity index is 1.95. The molecule has 4 nitrogen and oxygen atoms in total. The Hall–Kier alpha value is -1.56. The van der Waals surface area contributed by atoms with Crippen molar-refractivity contribution in [3.8, 4) is 0 Å². The largest absolute Gasteiger partial charge is 0.336 e. The molecule has 1 unspecified atom stereocenters. The van der Waals surface area contributed by atoms with Gasteiger partial charge >= 0.3 is 6.03 Å². The molecule has 1 aromatic heterocycles. The summed E-state index contributed by atoms with van der Waals surface area (Å²) in [5.74, 6) is 0. The van der Waals surface area contributed by atoms with Crippen LogP contribution in [0.15, 0.2) is 35.7 Å². The number of aryl methyl sites for hydroxylation is 1. The Morgan fingerprint density at radius 2 is 2.14 bits per heavy atom. The number of carbonyl (C=O) groups excluding carboxylic acids is 1. The van der Waals surface area contributed by atoms with E-state index in [4.69, 9.17) is 11.6 Å². The van der Waals surface area contributed by atoms with Gasteiger partial charge in [0.2, 0.25) is 0 Å². The molecule has 2 N–H and O–H groups in total. The van der Waals surface area contributed by atoms with E-state index in [0.29, 0.717) is 11.6 Å². The van der Waals surface area contributed by atoms with Crippen molar-refractivity contribution >= 4 is 34.7 Å². The van der Waals surface area contributed by atoms with Gasteiger partial charge in [0, 0.05) is 22.1 Å². The number of likely N-dealkylation sites (N-methyl/N-ethyl adjacent to an activating group) is 1. The van der Waals surface area contributed by atoms with E-state index < -0.39 is 0 Å². The SMILES string of the molecule is Cc1ccc(Cl)cc1NC(=O)NCC(c1cccs1)N(C)C. The monoisotopic (exact) mass is 337 g/mol. The predicted molar refractivity (Wildman–Crippen MR) is 94.0 cm³/mol. The summed E-state index contributed by atoms with van der Waals surface area (Å²) in [6.45, 7) is 2.47. The van der Waals surface area contributed by atoms with Crippen molar-refractivity contribution in [3.63, 3.8) is 0 Å². The van der Waals surface area contributed by atoms with Gasteiger partial charge in [-0.3, -0.25) is 0 Å². The Bertz CT molecular complexity index is 628. The van der Waals surface area contributed by atoms with Crippen molar-refractivity contribution in [2.24, 2.45) is 0 Å². The van der Waals surface area contributed by atoms with Crippen molar-refractivity contribution in [2.45, 2.75) is 13.0 Å². The molecular formula is C16H20ClN3OS. The Kier molecular flexibility index (Phi) is 5.83. The van der Waals surface area contributed by atoms with Crippen LogP contribution >= 0.6 is 22.9 Å². The van der Waals surface area contributed by atoms with Crippen LogP contribution in [0.3, 0.4) is 0 Å². The van der Waals surface area contributed by atoms with Crippen molar-refractivity contribution in [1.29, 1.82) is 0 Å². The van der Waals surface area contributed by atoms with E-state index in [-0.39, 0.29) is 12.1 Å². The van der Waals surface area contributed by atoms with E-state index in [9.17, 15) is 4.79 Å². The zero-order chi connectivity index (χ0) is 16.1. The summed E-state index contributed by atoms with van der Waals surface area (Å²) in [4.78, 5) is 15.4. The second-order valence-electron chi connectivity index (χ2n) is 5.29. The molecule has 0 bridgehead atoms. The van der Waals surface area contributed by atoms with Gasteiger partial charge in [-0.15, -0.1) is 11.3 Å². The topological polar surface area (TPSA) is 44.4 Å². The van der Waals surface area contributed by atoms with Crippen molar-refractivity contribution in [2.75, 3.05) is 26.0 Å². The van der Waals surface area contributed by atoms with E-state index in [1.165, 1.54) is 4.88 Å². The van der Waals surface area contributed by atoms with Crippen LogP contribution in [0.4, 0.5) is 10.5 Å². The first-order valence-electron chi connectivity index (χ1n) is 6.98. The minimum absolute atomic E-state index is 0.159. The van der Waals surface area contributed by atoms with Gasteiger partial charge < -0.3 is 15.5 Å². The maximum Gasteiger partial charge on any atom is 0.319 e. The Labute approximate surface area is 140 Å². The van der Waals surface area contributed by atoms with Gasteiger partial charge in [-0.25, -0.2) is 4.79 Å². The molecule has 1 aromatic carbocycles. The van der Waals surface area contributed by atoms with Crippen LogP contribution in [-0.4, -0.2) is 31.6 Å². The molecule has 0 saturated heterocycles. The summed E-state index contributed by atoms with van der Waals surface area (Å²) >= 11 is 7.65. The highest BCUT2D eigenvalue weighted by molar-refractivity contribution is 7.10. The summed E-state index contributed by atoms with van der Waals surface area (Å²) in [6, 6.07) is 9.46. The van der Waals surface area contributed by atoms with E-state index >= 15 is 0 Å². The summed E-state index contributed by atoms with van der Waals surface area (Å²) in [5.41, 5.74) is 1.70. The molecule has 1 atom stereocenters. The molecule has 6 heteroatoms. The molecule has 1 heterocycles. The molecule has 0 spiro atoms. The summed E-state index contributed by atoms with van der Waals surface area (Å²) in [6.07, 6.45) is 0. The number of thiophene rings is 1. The second kappa shape index (κ2) is 7.63. The van der Waals surface area contributed by atoms with E-state index in [1.54, 1.807) is 23.5 Å². The third-order valence-electron chi connectivity index (χ3n) is 3.40. The summed E-state index contributed by atoms with van der Waals surface area (Å²) < 4.78 is 0. The molecule has 0 aliphatic rings. The molecule has 0 radical (unpaired) electrons. The number of nitrogens with zero attached hydrogens (tertiary/aromatic N) is 1. The lowest BCUT2D eigenvalue weighted by Crippen LogP contribution is -2.36. The van der Waals surface area contributed by atoms with Crippen LogP contribution in [0.1, 0.15) is 16.5 Å². The summed E-state index contributed by atoms with van der Waals surface area (Å²) in [7, 11) is 4.01. The molecule has 0 saturated carbocycles. The average molecular weight is 338 g/mol. The number of anilines is 1. The zero-order valence-electron chi connectivity index (χ0n) is 12.9. The highest BCUT2D eigenvalue weighted by Crippen LogP contribution is 2.23. The standard InChI is InChI=1S/C16H20ClN3OS/c1-11-6-7-12(17)9-13(11)19-16(21)18-10-14(20(2)3)15-5-4-8-22-15/h4-9,14H,10H2,1-3H3,(H2,18,19,21). The third kappa shape index (κ3) is 4.47. The van der Waals surface area contributed by atoms with Crippen LogP contribution in [0.5, 0.6) is 0 Å². The first kappa shape index (κ1) is 16.8. The van der Waals surface area contributed by atoms with Crippen molar-refractivity contribution in [1.82, 2.24) is 10.2 Å². The quantitative estimate of drug-likeness (QED) is 0.861. The van der Waals surface area contributed by atoms with Crippen LogP contribution in [0.25, 0.3) is 0 Å². The van der Waals surface area contributed by atoms with Gasteiger partial charge in [-0.2, -0.15) is 0 Å². The molecule has 0 aliphatic heterocycles. The van der Waals surface area contributed by atoms with Crippen LogP contribution in [-0.2, 0) is 0 Å². The fraction of sp³-hybridized carbons (Fsp3) is 0.312. The smallest absolute Gasteiger partial charge is 0.319 e. The lowest BCUT2D eigenvalue weighted by Gasteiger charge is -2.23. The molecule has 2 rings (SSSR count). The maximum atomic E-state index is 12.1. The van der Waals surface area contributed by atoms with Crippen LogP contribution in [0.2, 0.25) is 5.02 Å². The van der Waals surface area contributed by atoms with Crippen LogP contribution < -0.4 is 10.6 Å². The number of nitrogens with one attached hydrogen (secondary N) is 2. The molecule has 118 valence electrons. The highest BCUT2D eigenvalue weighted by Gasteiger charge is 2.16. The lowest BCUT2D eigenvalue weighted by atomic mass is 10.2. The van der Waals surface area contributed by atoms with Crippen LogP contribution in [0, 0.1) is 6.92 Å². The Morgan fingerprint density at radius 3 is 2.77 bits per heavy atom. The van der Waals surface area contributed by atoms with E-state index in [0.717, 1.165) is 11.3 Å². The minimum atomic E-state index is -0.228.